The van der Waals surface area contributed by atoms with E-state index in [0.29, 0.717) is 13.2 Å². The van der Waals surface area contributed by atoms with Crippen LogP contribution in [0.25, 0.3) is 11.1 Å². The summed E-state index contributed by atoms with van der Waals surface area (Å²) in [6, 6.07) is 6.69. The molecule has 3 rings (SSSR count). The van der Waals surface area contributed by atoms with E-state index >= 15 is 0 Å². The van der Waals surface area contributed by atoms with Gasteiger partial charge in [-0.15, -0.1) is 0 Å². The van der Waals surface area contributed by atoms with Crippen LogP contribution in [0.3, 0.4) is 0 Å². The van der Waals surface area contributed by atoms with E-state index in [-0.39, 0.29) is 41.8 Å². The molecule has 0 spiro atoms. The molecule has 0 aliphatic carbocycles. The van der Waals surface area contributed by atoms with Crippen molar-refractivity contribution in [2.24, 2.45) is 0 Å². The number of benzene rings is 2. The zero-order chi connectivity index (χ0) is 24.3. The summed E-state index contributed by atoms with van der Waals surface area (Å²) in [6.45, 7) is 1.33. The maximum absolute atomic E-state index is 14.6. The lowest BCUT2D eigenvalue weighted by Crippen LogP contribution is -2.46. The van der Waals surface area contributed by atoms with Crippen molar-refractivity contribution < 1.29 is 33.4 Å². The van der Waals surface area contributed by atoms with Crippen LogP contribution in [0, 0.1) is 17.1 Å². The van der Waals surface area contributed by atoms with Crippen molar-refractivity contribution in [1.29, 1.82) is 5.26 Å². The second-order valence-corrected chi connectivity index (χ2v) is 10.0. The molecule has 1 amide bonds. The Balaban J connectivity index is 1.75. The number of ether oxygens (including phenoxy) is 1. The average molecular weight is 493 g/mol. The van der Waals surface area contributed by atoms with Gasteiger partial charge < -0.3 is 15.4 Å². The first-order valence-electron chi connectivity index (χ1n) is 9.92. The molecule has 2 atom stereocenters. The fourth-order valence-electron chi connectivity index (χ4n) is 3.30. The van der Waals surface area contributed by atoms with E-state index in [1.807, 2.05) is 6.07 Å². The van der Waals surface area contributed by atoms with Gasteiger partial charge in [-0.05, 0) is 47.9 Å². The van der Waals surface area contributed by atoms with Crippen molar-refractivity contribution in [3.8, 4) is 17.2 Å². The Labute approximate surface area is 186 Å². The number of amides is 1. The van der Waals surface area contributed by atoms with Gasteiger partial charge in [0.2, 0.25) is 0 Å². The molecule has 1 fully saturated rings. The zero-order valence-corrected chi connectivity index (χ0v) is 18.0. The number of nitriles is 1. The summed E-state index contributed by atoms with van der Waals surface area (Å²) in [7, 11) is -9.88. The topological polar surface area (TPSA) is 74.2 Å². The van der Waals surface area contributed by atoms with Gasteiger partial charge in [-0.2, -0.15) is 5.26 Å². The zero-order valence-electron chi connectivity index (χ0n) is 17.2. The second-order valence-electron chi connectivity index (χ2n) is 7.61. The van der Waals surface area contributed by atoms with Crippen LogP contribution in [0.5, 0.6) is 0 Å². The highest BCUT2D eigenvalue weighted by Gasteiger charge is 2.65. The molecule has 2 aromatic rings. The van der Waals surface area contributed by atoms with Crippen LogP contribution in [-0.4, -0.2) is 37.7 Å². The highest BCUT2D eigenvalue weighted by atomic mass is 32.5. The van der Waals surface area contributed by atoms with E-state index < -0.39 is 39.0 Å². The summed E-state index contributed by atoms with van der Waals surface area (Å²) < 4.78 is 85.4. The highest BCUT2D eigenvalue weighted by Crippen LogP contribution is 3.02. The van der Waals surface area contributed by atoms with Gasteiger partial charge in [0.25, 0.3) is 5.91 Å². The third-order valence-electron chi connectivity index (χ3n) is 5.00. The minimum Gasteiger partial charge on any atom is -0.367 e. The van der Waals surface area contributed by atoms with Crippen molar-refractivity contribution >= 4 is 16.1 Å². The third kappa shape index (κ3) is 6.63. The first-order chi connectivity index (χ1) is 15.3. The van der Waals surface area contributed by atoms with Crippen molar-refractivity contribution in [2.75, 3.05) is 19.7 Å². The average Bonchev–Trinajstić information content (AvgIpc) is 3.02. The molecule has 1 heterocycles. The molecule has 0 saturated carbocycles. The minimum atomic E-state index is -9.88. The van der Waals surface area contributed by atoms with Gasteiger partial charge in [0.05, 0.1) is 6.07 Å². The van der Waals surface area contributed by atoms with Crippen LogP contribution in [0.15, 0.2) is 47.4 Å². The van der Waals surface area contributed by atoms with Crippen LogP contribution >= 0.6 is 10.2 Å². The van der Waals surface area contributed by atoms with Gasteiger partial charge in [0, 0.05) is 19.6 Å². The molecule has 33 heavy (non-hydrogen) atoms. The predicted molar refractivity (Wildman–Crippen MR) is 112 cm³/mol. The molecule has 1 aliphatic rings. The van der Waals surface area contributed by atoms with Gasteiger partial charge in [0.15, 0.2) is 0 Å². The largest absolute Gasteiger partial charge is 0.367 e. The quantitative estimate of drug-likeness (QED) is 0.551. The lowest BCUT2D eigenvalue weighted by atomic mass is 10.00. The molecule has 0 aromatic heterocycles. The van der Waals surface area contributed by atoms with Crippen molar-refractivity contribution in [1.82, 2.24) is 10.6 Å². The molecule has 0 radical (unpaired) electrons. The summed E-state index contributed by atoms with van der Waals surface area (Å²) in [5.41, 5.74) is -0.265. The monoisotopic (exact) mass is 493 g/mol. The molecule has 2 N–H and O–H groups in total. The van der Waals surface area contributed by atoms with Crippen molar-refractivity contribution in [3.05, 3.63) is 53.8 Å². The number of halogens is 6. The van der Waals surface area contributed by atoms with Crippen LogP contribution in [0.4, 0.5) is 23.8 Å². The van der Waals surface area contributed by atoms with Crippen LogP contribution in [0.1, 0.15) is 12.0 Å². The number of rotatable bonds is 6. The Bertz CT molecular complexity index is 1080. The van der Waals surface area contributed by atoms with E-state index in [9.17, 15) is 33.9 Å². The first kappa shape index (κ1) is 24.9. The number of carbonyl (C=O) groups excluding carboxylic acids is 1. The van der Waals surface area contributed by atoms with Gasteiger partial charge in [-0.1, -0.05) is 43.7 Å². The number of nitrogens with zero attached hydrogens (tertiary/aromatic N) is 1. The highest BCUT2D eigenvalue weighted by molar-refractivity contribution is 8.45. The molecule has 2 aromatic carbocycles. The van der Waals surface area contributed by atoms with Gasteiger partial charge >= 0.3 is 10.2 Å². The van der Waals surface area contributed by atoms with E-state index in [0.717, 1.165) is 24.6 Å². The maximum atomic E-state index is 14.6. The first-order valence-corrected chi connectivity index (χ1v) is 11.9. The molecule has 5 nitrogen and oxygen atoms in total. The summed E-state index contributed by atoms with van der Waals surface area (Å²) in [6.07, 6.45) is -0.272. The summed E-state index contributed by atoms with van der Waals surface area (Å²) in [4.78, 5) is 10.3. The van der Waals surface area contributed by atoms with Crippen molar-refractivity contribution in [3.63, 3.8) is 0 Å². The molecule has 180 valence electrons. The number of hydrogen-bond donors (Lipinski definition) is 2. The standard InChI is InChI=1S/C21H21F6N3O2S/c22-19-11-15(14-3-1-4-18(10-14)33(23,24,25,26)27)5-6-16(19)9-17(12-28)30-21(31)20-13-29-7-2-8-32-20/h1,3-6,10-11,17,20,29H,2,7-9,13H2,(H,30,31)/t17-,20-/m0/s1. The Morgan fingerprint density at radius 3 is 2.58 bits per heavy atom. The fourth-order valence-corrected chi connectivity index (χ4v) is 3.99. The lowest BCUT2D eigenvalue weighted by Gasteiger charge is -2.40. The molecular formula is C21H21F6N3O2S. The Morgan fingerprint density at radius 1 is 1.18 bits per heavy atom. The summed E-state index contributed by atoms with van der Waals surface area (Å²) >= 11 is 0. The van der Waals surface area contributed by atoms with Crippen LogP contribution < -0.4 is 10.6 Å². The molecule has 0 bridgehead atoms. The van der Waals surface area contributed by atoms with E-state index in [2.05, 4.69) is 10.6 Å². The smallest absolute Gasteiger partial charge is 0.310 e. The molecular weight excluding hydrogens is 472 g/mol. The van der Waals surface area contributed by atoms with Gasteiger partial charge in [-0.3, -0.25) is 4.79 Å². The Morgan fingerprint density at radius 2 is 1.91 bits per heavy atom. The molecule has 1 aliphatic heterocycles. The lowest BCUT2D eigenvalue weighted by molar-refractivity contribution is -0.132. The summed E-state index contributed by atoms with van der Waals surface area (Å²) in [5.74, 6) is -1.38. The fraction of sp³-hybridized carbons (Fsp3) is 0.333. The maximum Gasteiger partial charge on any atom is 0.310 e. The van der Waals surface area contributed by atoms with Gasteiger partial charge in [-0.25, -0.2) is 4.39 Å². The third-order valence-corrected chi connectivity index (χ3v) is 6.15. The number of carbonyl (C=O) groups is 1. The van der Waals surface area contributed by atoms with E-state index in [1.165, 1.54) is 12.1 Å². The van der Waals surface area contributed by atoms with E-state index in [4.69, 9.17) is 4.74 Å². The molecule has 0 unspecified atom stereocenters. The van der Waals surface area contributed by atoms with E-state index in [1.54, 1.807) is 0 Å². The Hall–Kier alpha value is -2.75. The predicted octanol–water partition coefficient (Wildman–Crippen LogP) is 5.08. The van der Waals surface area contributed by atoms with Crippen LogP contribution in [0.2, 0.25) is 0 Å². The SMILES string of the molecule is N#C[C@H](Cc1ccc(-c2cccc(S(F)(F)(F)(F)F)c2)cc1F)NC(=O)[C@@H]1CNCCCO1. The Kier molecular flexibility index (Phi) is 6.45. The molecule has 1 saturated heterocycles. The number of hydrogen-bond acceptors (Lipinski definition) is 4. The second kappa shape index (κ2) is 8.55. The van der Waals surface area contributed by atoms with Crippen LogP contribution in [-0.2, 0) is 16.0 Å². The number of nitrogens with one attached hydrogen (secondary N) is 2. The normalized spacial score (nSPS) is 20.0. The van der Waals surface area contributed by atoms with Gasteiger partial charge in [0.1, 0.15) is 22.9 Å². The molecule has 12 heteroatoms. The van der Waals surface area contributed by atoms with Crippen molar-refractivity contribution in [2.45, 2.75) is 29.9 Å². The summed E-state index contributed by atoms with van der Waals surface area (Å²) in [5, 5.41) is 14.9. The minimum absolute atomic E-state index is 0.0226.